The van der Waals surface area contributed by atoms with Crippen molar-refractivity contribution in [1.29, 1.82) is 0 Å². The highest BCUT2D eigenvalue weighted by Gasteiger charge is 2.39. The molecule has 4 amide bonds. The van der Waals surface area contributed by atoms with Gasteiger partial charge in [-0.05, 0) is 35.2 Å². The molecule has 3 N–H and O–H groups in total. The molecule has 0 aliphatic carbocycles. The molecule has 0 bridgehead atoms. The maximum Gasteiger partial charge on any atom is 0.325 e. The second-order valence-electron chi connectivity index (χ2n) is 9.54. The molecule has 0 spiro atoms. The van der Waals surface area contributed by atoms with Crippen LogP contribution >= 0.6 is 0 Å². The lowest BCUT2D eigenvalue weighted by molar-refractivity contribution is -0.132. The molecule has 5 rings (SSSR count). The van der Waals surface area contributed by atoms with Crippen molar-refractivity contribution in [3.05, 3.63) is 59.8 Å². The maximum absolute atomic E-state index is 13.0. The summed E-state index contributed by atoms with van der Waals surface area (Å²) in [6.45, 7) is 4.83. The van der Waals surface area contributed by atoms with Crippen LogP contribution in [0.15, 0.2) is 48.7 Å². The number of H-pyrrole nitrogens is 1. The topological polar surface area (TPSA) is 113 Å². The predicted molar refractivity (Wildman–Crippen MR) is 134 cm³/mol. The molecule has 36 heavy (non-hydrogen) atoms. The normalized spacial score (nSPS) is 18.3. The number of imide groups is 1. The Kier molecular flexibility index (Phi) is 6.54. The smallest absolute Gasteiger partial charge is 0.325 e. The van der Waals surface area contributed by atoms with Gasteiger partial charge in [0.25, 0.3) is 5.91 Å². The minimum absolute atomic E-state index is 0.0661. The van der Waals surface area contributed by atoms with Gasteiger partial charge in [0.1, 0.15) is 12.6 Å². The molecule has 0 radical (unpaired) electrons. The summed E-state index contributed by atoms with van der Waals surface area (Å²) < 4.78 is 11.5. The van der Waals surface area contributed by atoms with E-state index >= 15 is 0 Å². The second kappa shape index (κ2) is 9.93. The van der Waals surface area contributed by atoms with Crippen LogP contribution in [0.3, 0.4) is 0 Å². The number of amides is 4. The number of hydrogen-bond acceptors (Lipinski definition) is 5. The van der Waals surface area contributed by atoms with Gasteiger partial charge in [0, 0.05) is 29.9 Å². The summed E-state index contributed by atoms with van der Waals surface area (Å²) in [6.07, 6.45) is 3.00. The van der Waals surface area contributed by atoms with E-state index in [1.165, 1.54) is 0 Å². The highest BCUT2D eigenvalue weighted by molar-refractivity contribution is 6.06. The summed E-state index contributed by atoms with van der Waals surface area (Å²) in [6, 6.07) is 11.8. The van der Waals surface area contributed by atoms with Crippen molar-refractivity contribution >= 4 is 28.7 Å². The zero-order chi connectivity index (χ0) is 25.2. The summed E-state index contributed by atoms with van der Waals surface area (Å²) in [5, 5.41) is 6.72. The predicted octanol–water partition coefficient (Wildman–Crippen LogP) is 3.31. The number of aromatic amines is 1. The van der Waals surface area contributed by atoms with Crippen LogP contribution < -0.4 is 20.1 Å². The molecule has 2 aliphatic rings. The summed E-state index contributed by atoms with van der Waals surface area (Å²) in [7, 11) is 0. The third-order valence-electron chi connectivity index (χ3n) is 6.62. The molecule has 1 saturated heterocycles. The first kappa shape index (κ1) is 23.7. The van der Waals surface area contributed by atoms with E-state index in [1.54, 1.807) is 0 Å². The molecule has 0 saturated carbocycles. The molecule has 2 atom stereocenters. The standard InChI is InChI=1S/C27H30N4O5/c1-16(2)25(17-8-9-22-23(13-17)36-11-5-10-35-22)30-24(32)15-31-26(33)21(29-27(31)34)12-18-14-28-20-7-4-3-6-19(18)20/h3-4,6-9,13-14,16,21,25,28H,5,10-12,15H2,1-2H3,(H,29,34)(H,30,32)/t21-,25+/m0/s1. The van der Waals surface area contributed by atoms with Gasteiger partial charge >= 0.3 is 6.03 Å². The third-order valence-corrected chi connectivity index (χ3v) is 6.62. The van der Waals surface area contributed by atoms with Crippen molar-refractivity contribution in [2.75, 3.05) is 19.8 Å². The van der Waals surface area contributed by atoms with Crippen molar-refractivity contribution < 1.29 is 23.9 Å². The van der Waals surface area contributed by atoms with E-state index in [-0.39, 0.29) is 18.5 Å². The van der Waals surface area contributed by atoms with Crippen LogP contribution in [-0.4, -0.2) is 53.5 Å². The minimum atomic E-state index is -0.716. The number of ether oxygens (including phenoxy) is 2. The number of para-hydroxylation sites is 1. The summed E-state index contributed by atoms with van der Waals surface area (Å²) in [5.74, 6) is 0.593. The van der Waals surface area contributed by atoms with Gasteiger partial charge in [-0.1, -0.05) is 38.1 Å². The molecule has 188 valence electrons. The first-order valence-electron chi connectivity index (χ1n) is 12.3. The van der Waals surface area contributed by atoms with Crippen LogP contribution in [0.5, 0.6) is 11.5 Å². The minimum Gasteiger partial charge on any atom is -0.490 e. The molecule has 2 aliphatic heterocycles. The first-order chi connectivity index (χ1) is 17.4. The molecular formula is C27H30N4O5. The van der Waals surface area contributed by atoms with Gasteiger partial charge in [-0.3, -0.25) is 14.5 Å². The van der Waals surface area contributed by atoms with Crippen molar-refractivity contribution in [1.82, 2.24) is 20.5 Å². The molecule has 9 heteroatoms. The average Bonchev–Trinajstić information content (AvgIpc) is 3.27. The molecule has 2 aromatic carbocycles. The van der Waals surface area contributed by atoms with E-state index in [0.717, 1.165) is 33.4 Å². The van der Waals surface area contributed by atoms with E-state index in [2.05, 4.69) is 15.6 Å². The van der Waals surface area contributed by atoms with Crippen molar-refractivity contribution in [2.45, 2.75) is 38.8 Å². The number of carbonyl (C=O) groups is 3. The lowest BCUT2D eigenvalue weighted by Gasteiger charge is -2.25. The van der Waals surface area contributed by atoms with Crippen LogP contribution in [-0.2, 0) is 16.0 Å². The Balaban J connectivity index is 1.25. The Hall–Kier alpha value is -4.01. The summed E-state index contributed by atoms with van der Waals surface area (Å²) >= 11 is 0. The molecular weight excluding hydrogens is 460 g/mol. The number of rotatable bonds is 7. The zero-order valence-electron chi connectivity index (χ0n) is 20.4. The number of fused-ring (bicyclic) bond motifs is 2. The fraction of sp³-hybridized carbons (Fsp3) is 0.370. The van der Waals surface area contributed by atoms with Crippen molar-refractivity contribution in [2.24, 2.45) is 5.92 Å². The van der Waals surface area contributed by atoms with Crippen LogP contribution in [0.4, 0.5) is 4.79 Å². The largest absolute Gasteiger partial charge is 0.490 e. The van der Waals surface area contributed by atoms with Crippen LogP contribution in [0.1, 0.15) is 37.4 Å². The average molecular weight is 491 g/mol. The fourth-order valence-electron chi connectivity index (χ4n) is 4.76. The third kappa shape index (κ3) is 4.73. The van der Waals surface area contributed by atoms with Gasteiger partial charge < -0.3 is 25.1 Å². The van der Waals surface area contributed by atoms with Crippen molar-refractivity contribution in [3.8, 4) is 11.5 Å². The molecule has 3 aromatic rings. The van der Waals surface area contributed by atoms with E-state index in [4.69, 9.17) is 9.47 Å². The number of hydrogen-bond donors (Lipinski definition) is 3. The maximum atomic E-state index is 13.0. The van der Waals surface area contributed by atoms with E-state index in [0.29, 0.717) is 31.1 Å². The van der Waals surface area contributed by atoms with Crippen molar-refractivity contribution in [3.63, 3.8) is 0 Å². The van der Waals surface area contributed by atoms with Gasteiger partial charge in [0.2, 0.25) is 5.91 Å². The Morgan fingerprint density at radius 3 is 2.69 bits per heavy atom. The van der Waals surface area contributed by atoms with Crippen LogP contribution in [0.2, 0.25) is 0 Å². The second-order valence-corrected chi connectivity index (χ2v) is 9.54. The quantitative estimate of drug-likeness (QED) is 0.440. The Bertz CT molecular complexity index is 1300. The lowest BCUT2D eigenvalue weighted by Crippen LogP contribution is -2.43. The van der Waals surface area contributed by atoms with Crippen LogP contribution in [0, 0.1) is 5.92 Å². The Morgan fingerprint density at radius 1 is 1.11 bits per heavy atom. The molecule has 3 heterocycles. The number of benzene rings is 2. The molecule has 1 aromatic heterocycles. The lowest BCUT2D eigenvalue weighted by atomic mass is 9.95. The highest BCUT2D eigenvalue weighted by Crippen LogP contribution is 2.34. The highest BCUT2D eigenvalue weighted by atomic mass is 16.5. The number of carbonyl (C=O) groups excluding carboxylic acids is 3. The van der Waals surface area contributed by atoms with Gasteiger partial charge in [-0.2, -0.15) is 0 Å². The van der Waals surface area contributed by atoms with E-state index in [9.17, 15) is 14.4 Å². The van der Waals surface area contributed by atoms with Gasteiger partial charge in [-0.25, -0.2) is 4.79 Å². The Morgan fingerprint density at radius 2 is 1.89 bits per heavy atom. The summed E-state index contributed by atoms with van der Waals surface area (Å²) in [4.78, 5) is 42.7. The van der Waals surface area contributed by atoms with E-state index in [1.807, 2.05) is 62.5 Å². The SMILES string of the molecule is CC(C)[C@@H](NC(=O)CN1C(=O)N[C@@H](Cc2c[nH]c3ccccc23)C1=O)c1ccc2c(c1)OCCCO2. The van der Waals surface area contributed by atoms with E-state index < -0.39 is 23.9 Å². The number of nitrogens with zero attached hydrogens (tertiary/aromatic N) is 1. The number of nitrogens with one attached hydrogen (secondary N) is 3. The van der Waals surface area contributed by atoms with Gasteiger partial charge in [0.15, 0.2) is 11.5 Å². The number of urea groups is 1. The number of aromatic nitrogens is 1. The summed E-state index contributed by atoms with van der Waals surface area (Å²) in [5.41, 5.74) is 2.77. The van der Waals surface area contributed by atoms with Crippen LogP contribution in [0.25, 0.3) is 10.9 Å². The molecule has 1 fully saturated rings. The molecule has 0 unspecified atom stereocenters. The first-order valence-corrected chi connectivity index (χ1v) is 12.3. The Labute approximate surface area is 209 Å². The zero-order valence-corrected chi connectivity index (χ0v) is 20.4. The van der Waals surface area contributed by atoms with Gasteiger partial charge in [-0.15, -0.1) is 0 Å². The fourth-order valence-corrected chi connectivity index (χ4v) is 4.76. The van der Waals surface area contributed by atoms with Gasteiger partial charge in [0.05, 0.1) is 19.3 Å². The molecule has 9 nitrogen and oxygen atoms in total. The monoisotopic (exact) mass is 490 g/mol.